The van der Waals surface area contributed by atoms with Gasteiger partial charge in [-0.05, 0) is 50.1 Å². The Bertz CT molecular complexity index is 1210. The highest BCUT2D eigenvalue weighted by atomic mass is 32.2. The fourth-order valence-corrected chi connectivity index (χ4v) is 4.09. The molecule has 29 heavy (non-hydrogen) atoms. The predicted octanol–water partition coefficient (Wildman–Crippen LogP) is 3.07. The predicted molar refractivity (Wildman–Crippen MR) is 108 cm³/mol. The number of fused-ring (bicyclic) bond motifs is 1. The minimum absolute atomic E-state index is 0.0669. The van der Waals surface area contributed by atoms with Crippen LogP contribution in [0.15, 0.2) is 62.6 Å². The molecule has 0 radical (unpaired) electrons. The largest absolute Gasteiger partial charge is 0.425 e. The molecule has 0 amide bonds. The Morgan fingerprint density at radius 2 is 1.79 bits per heavy atom. The topological polar surface area (TPSA) is 103 Å². The van der Waals surface area contributed by atoms with Gasteiger partial charge in [-0.3, -0.25) is 0 Å². The zero-order valence-electron chi connectivity index (χ0n) is 16.3. The van der Waals surface area contributed by atoms with Crippen LogP contribution in [-0.2, 0) is 14.8 Å². The molecule has 0 bridgehead atoms. The highest BCUT2D eigenvalue weighted by Crippen LogP contribution is 2.23. The van der Waals surface area contributed by atoms with Crippen LogP contribution in [0.4, 0.5) is 0 Å². The summed E-state index contributed by atoms with van der Waals surface area (Å²) >= 11 is 0. The average molecular weight is 415 g/mol. The first kappa shape index (κ1) is 20.8. The maximum atomic E-state index is 12.6. The van der Waals surface area contributed by atoms with Crippen LogP contribution in [0.2, 0.25) is 0 Å². The first-order chi connectivity index (χ1) is 13.7. The lowest BCUT2D eigenvalue weighted by atomic mass is 10.1. The lowest BCUT2D eigenvalue weighted by Crippen LogP contribution is -2.42. The summed E-state index contributed by atoms with van der Waals surface area (Å²) in [7, 11) is -3.88. The zero-order valence-corrected chi connectivity index (χ0v) is 17.1. The van der Waals surface area contributed by atoms with E-state index in [0.29, 0.717) is 0 Å². The molecule has 8 heteroatoms. The van der Waals surface area contributed by atoms with Crippen molar-refractivity contribution in [3.05, 3.63) is 70.1 Å². The summed E-state index contributed by atoms with van der Waals surface area (Å²) in [5, 5.41) is 0.719. The van der Waals surface area contributed by atoms with Crippen LogP contribution in [0.1, 0.15) is 24.5 Å². The van der Waals surface area contributed by atoms with Gasteiger partial charge in [0, 0.05) is 17.5 Å². The van der Waals surface area contributed by atoms with Gasteiger partial charge in [0.15, 0.2) is 0 Å². The summed E-state index contributed by atoms with van der Waals surface area (Å²) in [6.45, 7) is 5.30. The van der Waals surface area contributed by atoms with E-state index in [9.17, 15) is 18.0 Å². The van der Waals surface area contributed by atoms with Crippen LogP contribution >= 0.6 is 0 Å². The van der Waals surface area contributed by atoms with Crippen molar-refractivity contribution in [1.29, 1.82) is 0 Å². The van der Waals surface area contributed by atoms with Gasteiger partial charge in [-0.1, -0.05) is 24.6 Å². The monoisotopic (exact) mass is 415 g/mol. The lowest BCUT2D eigenvalue weighted by molar-refractivity contribution is -0.136. The van der Waals surface area contributed by atoms with Crippen LogP contribution < -0.4 is 15.1 Å². The smallest absolute Gasteiger partial charge is 0.336 e. The molecule has 1 unspecified atom stereocenters. The first-order valence-corrected chi connectivity index (χ1v) is 10.5. The number of carbonyl (C=O) groups is 1. The number of hydrogen-bond acceptors (Lipinski definition) is 6. The molecule has 1 aromatic heterocycles. The van der Waals surface area contributed by atoms with Crippen LogP contribution in [0.25, 0.3) is 11.0 Å². The van der Waals surface area contributed by atoms with Crippen LogP contribution in [-0.4, -0.2) is 20.4 Å². The second kappa shape index (κ2) is 8.18. The molecule has 0 aliphatic heterocycles. The molecule has 7 nitrogen and oxygen atoms in total. The molecule has 1 atom stereocenters. The van der Waals surface area contributed by atoms with Gasteiger partial charge < -0.3 is 9.15 Å². The minimum atomic E-state index is -3.88. The third kappa shape index (κ3) is 4.72. The van der Waals surface area contributed by atoms with Gasteiger partial charge in [-0.25, -0.2) is 18.0 Å². The maximum absolute atomic E-state index is 12.6. The number of sulfonamides is 1. The lowest BCUT2D eigenvalue weighted by Gasteiger charge is -2.16. The molecule has 3 aromatic rings. The summed E-state index contributed by atoms with van der Waals surface area (Å²) < 4.78 is 37.9. The summed E-state index contributed by atoms with van der Waals surface area (Å²) in [5.41, 5.74) is 1.45. The van der Waals surface area contributed by atoms with Gasteiger partial charge in [-0.2, -0.15) is 4.72 Å². The van der Waals surface area contributed by atoms with E-state index in [0.717, 1.165) is 16.5 Å². The van der Waals surface area contributed by atoms with Gasteiger partial charge in [0.2, 0.25) is 10.0 Å². The number of hydrogen-bond donors (Lipinski definition) is 1. The Morgan fingerprint density at radius 1 is 1.10 bits per heavy atom. The number of benzene rings is 2. The fraction of sp³-hybridized carbons (Fsp3) is 0.238. The molecule has 0 spiro atoms. The van der Waals surface area contributed by atoms with E-state index in [1.54, 1.807) is 38.1 Å². The molecular formula is C21H21NO6S. The maximum Gasteiger partial charge on any atom is 0.336 e. The minimum Gasteiger partial charge on any atom is -0.425 e. The Labute approximate surface area is 168 Å². The van der Waals surface area contributed by atoms with Gasteiger partial charge in [0.05, 0.1) is 4.90 Å². The van der Waals surface area contributed by atoms with Crippen LogP contribution in [0.3, 0.4) is 0 Å². The summed E-state index contributed by atoms with van der Waals surface area (Å²) in [6, 6.07) is 11.3. The SMILES string of the molecule is CCC(NS(=O)(=O)c1ccc(C)cc1)C(=O)Oc1ccc2c(C)cc(=O)oc2c1. The quantitative estimate of drug-likeness (QED) is 0.377. The number of esters is 1. The molecule has 2 aromatic carbocycles. The van der Waals surface area contributed by atoms with Gasteiger partial charge in [-0.15, -0.1) is 0 Å². The average Bonchev–Trinajstić information content (AvgIpc) is 2.66. The van der Waals surface area contributed by atoms with E-state index in [2.05, 4.69) is 4.72 Å². The molecule has 0 aliphatic carbocycles. The molecule has 3 rings (SSSR count). The summed E-state index contributed by atoms with van der Waals surface area (Å²) in [5.74, 6) is -0.596. The summed E-state index contributed by atoms with van der Waals surface area (Å²) in [6.07, 6.45) is 0.200. The first-order valence-electron chi connectivity index (χ1n) is 9.05. The zero-order chi connectivity index (χ0) is 21.2. The molecule has 0 fully saturated rings. The Hall–Kier alpha value is -2.97. The highest BCUT2D eigenvalue weighted by molar-refractivity contribution is 7.89. The van der Waals surface area contributed by atoms with Crippen LogP contribution in [0.5, 0.6) is 5.75 Å². The molecular weight excluding hydrogens is 394 g/mol. The summed E-state index contributed by atoms with van der Waals surface area (Å²) in [4.78, 5) is 24.2. The highest BCUT2D eigenvalue weighted by Gasteiger charge is 2.26. The van der Waals surface area contributed by atoms with E-state index in [-0.39, 0.29) is 22.6 Å². The molecule has 0 aliphatic rings. The van der Waals surface area contributed by atoms with E-state index in [1.807, 2.05) is 6.92 Å². The van der Waals surface area contributed by atoms with Gasteiger partial charge in [0.25, 0.3) is 0 Å². The van der Waals surface area contributed by atoms with Crippen molar-refractivity contribution >= 4 is 27.0 Å². The number of ether oxygens (including phenoxy) is 1. The molecule has 0 saturated heterocycles. The Kier molecular flexibility index (Phi) is 5.86. The second-order valence-corrected chi connectivity index (χ2v) is 8.44. The van der Waals surface area contributed by atoms with E-state index in [1.165, 1.54) is 24.3 Å². The molecule has 0 saturated carbocycles. The number of carbonyl (C=O) groups excluding carboxylic acids is 1. The van der Waals surface area contributed by atoms with Crippen molar-refractivity contribution in [3.63, 3.8) is 0 Å². The Morgan fingerprint density at radius 3 is 2.45 bits per heavy atom. The van der Waals surface area contributed by atoms with Crippen LogP contribution in [0, 0.1) is 13.8 Å². The molecule has 1 heterocycles. The van der Waals surface area contributed by atoms with Crippen molar-refractivity contribution in [3.8, 4) is 5.75 Å². The van der Waals surface area contributed by atoms with Gasteiger partial charge in [0.1, 0.15) is 17.4 Å². The fourth-order valence-electron chi connectivity index (χ4n) is 2.83. The number of aryl methyl sites for hydroxylation is 2. The van der Waals surface area contributed by atoms with Crippen molar-refractivity contribution in [2.75, 3.05) is 0 Å². The molecule has 152 valence electrons. The van der Waals surface area contributed by atoms with E-state index in [4.69, 9.17) is 9.15 Å². The number of rotatable bonds is 6. The van der Waals surface area contributed by atoms with Crippen molar-refractivity contribution in [2.45, 2.75) is 38.1 Å². The Balaban J connectivity index is 1.80. The normalized spacial score (nSPS) is 12.7. The molecule has 1 N–H and O–H groups in total. The van der Waals surface area contributed by atoms with Crippen molar-refractivity contribution in [2.24, 2.45) is 0 Å². The van der Waals surface area contributed by atoms with Crippen molar-refractivity contribution < 1.29 is 22.4 Å². The second-order valence-electron chi connectivity index (χ2n) is 6.72. The third-order valence-electron chi connectivity index (χ3n) is 4.46. The van der Waals surface area contributed by atoms with E-state index >= 15 is 0 Å². The third-order valence-corrected chi connectivity index (χ3v) is 5.95. The van der Waals surface area contributed by atoms with Crippen molar-refractivity contribution in [1.82, 2.24) is 4.72 Å². The van der Waals surface area contributed by atoms with E-state index < -0.39 is 27.7 Å². The van der Waals surface area contributed by atoms with Gasteiger partial charge >= 0.3 is 11.6 Å². The number of nitrogens with one attached hydrogen (secondary N) is 1. The standard InChI is InChI=1S/C21H21NO6S/c1-4-18(22-29(25,26)16-8-5-13(2)6-9-16)21(24)27-15-7-10-17-14(3)11-20(23)28-19(17)12-15/h5-12,18,22H,4H2,1-3H3.